The molecule has 0 aliphatic rings. The predicted octanol–water partition coefficient (Wildman–Crippen LogP) is 4.58. The van der Waals surface area contributed by atoms with Crippen LogP contribution in [0.1, 0.15) is 90.4 Å². The molecule has 0 amide bonds. The molecular weight excluding hydrogens is 286 g/mol. The standard InChI is InChI=1S/C20H41NO2/c1-2-3-4-12-15-20(23)16-13-10-8-6-5-7-9-11-14-17-21-18-19-22/h10,13,20-23H,2-9,11-12,14-19H2,1H3/b13-10-. The first kappa shape index (κ1) is 22.6. The van der Waals surface area contributed by atoms with Crippen molar-refractivity contribution in [3.63, 3.8) is 0 Å². The number of unbranched alkanes of at least 4 members (excludes halogenated alkanes) is 9. The molecule has 0 saturated heterocycles. The lowest BCUT2D eigenvalue weighted by Crippen LogP contribution is -2.19. The van der Waals surface area contributed by atoms with Gasteiger partial charge < -0.3 is 15.5 Å². The third-order valence-corrected chi connectivity index (χ3v) is 4.23. The Morgan fingerprint density at radius 2 is 1.52 bits per heavy atom. The summed E-state index contributed by atoms with van der Waals surface area (Å²) in [6, 6.07) is 0. The molecule has 23 heavy (non-hydrogen) atoms. The zero-order chi connectivity index (χ0) is 17.0. The Balaban J connectivity index is 3.18. The van der Waals surface area contributed by atoms with E-state index >= 15 is 0 Å². The maximum absolute atomic E-state index is 9.86. The van der Waals surface area contributed by atoms with Crippen molar-refractivity contribution in [2.75, 3.05) is 19.7 Å². The van der Waals surface area contributed by atoms with E-state index in [4.69, 9.17) is 5.11 Å². The second-order valence-electron chi connectivity index (χ2n) is 6.59. The first-order valence-electron chi connectivity index (χ1n) is 9.95. The Morgan fingerprint density at radius 1 is 0.826 bits per heavy atom. The van der Waals surface area contributed by atoms with Gasteiger partial charge in [0.25, 0.3) is 0 Å². The first-order chi connectivity index (χ1) is 11.3. The fraction of sp³-hybridized carbons (Fsp3) is 0.900. The molecule has 0 aromatic carbocycles. The largest absolute Gasteiger partial charge is 0.395 e. The third-order valence-electron chi connectivity index (χ3n) is 4.23. The van der Waals surface area contributed by atoms with Crippen LogP contribution in [0.15, 0.2) is 12.2 Å². The molecule has 1 unspecified atom stereocenters. The van der Waals surface area contributed by atoms with E-state index < -0.39 is 0 Å². The van der Waals surface area contributed by atoms with Crippen molar-refractivity contribution in [3.8, 4) is 0 Å². The summed E-state index contributed by atoms with van der Waals surface area (Å²) in [4.78, 5) is 0. The summed E-state index contributed by atoms with van der Waals surface area (Å²) in [5, 5.41) is 21.7. The van der Waals surface area contributed by atoms with Crippen LogP contribution in [0.2, 0.25) is 0 Å². The fourth-order valence-corrected chi connectivity index (χ4v) is 2.72. The maximum atomic E-state index is 9.86. The lowest BCUT2D eigenvalue weighted by atomic mass is 10.1. The monoisotopic (exact) mass is 327 g/mol. The van der Waals surface area contributed by atoms with Gasteiger partial charge >= 0.3 is 0 Å². The van der Waals surface area contributed by atoms with Crippen LogP contribution in [0.5, 0.6) is 0 Å². The van der Waals surface area contributed by atoms with Gasteiger partial charge in [0.05, 0.1) is 12.7 Å². The minimum absolute atomic E-state index is 0.137. The van der Waals surface area contributed by atoms with Crippen molar-refractivity contribution in [2.24, 2.45) is 0 Å². The number of hydrogen-bond donors (Lipinski definition) is 3. The van der Waals surface area contributed by atoms with Gasteiger partial charge in [-0.1, -0.05) is 70.4 Å². The number of rotatable bonds is 18. The number of nitrogens with one attached hydrogen (secondary N) is 1. The van der Waals surface area contributed by atoms with E-state index in [2.05, 4.69) is 24.4 Å². The normalized spacial score (nSPS) is 13.0. The molecule has 0 fully saturated rings. The molecule has 0 aromatic heterocycles. The quantitative estimate of drug-likeness (QED) is 0.255. The van der Waals surface area contributed by atoms with E-state index in [0.717, 1.165) is 32.4 Å². The first-order valence-corrected chi connectivity index (χ1v) is 9.95. The average Bonchev–Trinajstić information content (AvgIpc) is 2.56. The van der Waals surface area contributed by atoms with Crippen molar-refractivity contribution >= 4 is 0 Å². The Kier molecular flexibility index (Phi) is 19.3. The molecular formula is C20H41NO2. The van der Waals surface area contributed by atoms with E-state index in [-0.39, 0.29) is 12.7 Å². The van der Waals surface area contributed by atoms with Gasteiger partial charge in [-0.25, -0.2) is 0 Å². The molecule has 0 aliphatic heterocycles. The Bertz CT molecular complexity index is 244. The van der Waals surface area contributed by atoms with E-state index in [1.165, 1.54) is 64.2 Å². The van der Waals surface area contributed by atoms with Crippen molar-refractivity contribution in [2.45, 2.75) is 96.5 Å². The van der Waals surface area contributed by atoms with Gasteiger partial charge in [0.2, 0.25) is 0 Å². The highest BCUT2D eigenvalue weighted by atomic mass is 16.3. The summed E-state index contributed by atoms with van der Waals surface area (Å²) in [5.41, 5.74) is 0. The molecule has 0 saturated carbocycles. The zero-order valence-corrected chi connectivity index (χ0v) is 15.4. The van der Waals surface area contributed by atoms with Crippen molar-refractivity contribution in [3.05, 3.63) is 12.2 Å². The molecule has 3 heteroatoms. The van der Waals surface area contributed by atoms with Crippen LogP contribution < -0.4 is 5.32 Å². The van der Waals surface area contributed by atoms with Crippen molar-refractivity contribution in [1.29, 1.82) is 0 Å². The van der Waals surface area contributed by atoms with Gasteiger partial charge in [-0.3, -0.25) is 0 Å². The van der Waals surface area contributed by atoms with Crippen LogP contribution in [-0.2, 0) is 0 Å². The highest BCUT2D eigenvalue weighted by molar-refractivity contribution is 4.84. The van der Waals surface area contributed by atoms with Crippen LogP contribution in [0.25, 0.3) is 0 Å². The third kappa shape index (κ3) is 19.6. The second kappa shape index (κ2) is 19.7. The minimum atomic E-state index is -0.137. The predicted molar refractivity (Wildman–Crippen MR) is 101 cm³/mol. The summed E-state index contributed by atoms with van der Waals surface area (Å²) >= 11 is 0. The summed E-state index contributed by atoms with van der Waals surface area (Å²) in [7, 11) is 0. The van der Waals surface area contributed by atoms with Gasteiger partial charge in [-0.05, 0) is 38.6 Å². The molecule has 1 atom stereocenters. The molecule has 0 aliphatic carbocycles. The lowest BCUT2D eigenvalue weighted by Gasteiger charge is -2.07. The lowest BCUT2D eigenvalue weighted by molar-refractivity contribution is 0.163. The minimum Gasteiger partial charge on any atom is -0.395 e. The SMILES string of the molecule is CCCCCCC(O)C/C=C\CCCCCCCCNCCO. The van der Waals surface area contributed by atoms with Gasteiger partial charge in [-0.2, -0.15) is 0 Å². The highest BCUT2D eigenvalue weighted by Gasteiger charge is 2.00. The van der Waals surface area contributed by atoms with E-state index in [1.807, 2.05) is 0 Å². The van der Waals surface area contributed by atoms with Gasteiger partial charge in [-0.15, -0.1) is 0 Å². The van der Waals surface area contributed by atoms with Crippen molar-refractivity contribution < 1.29 is 10.2 Å². The van der Waals surface area contributed by atoms with E-state index in [1.54, 1.807) is 0 Å². The second-order valence-corrected chi connectivity index (χ2v) is 6.59. The van der Waals surface area contributed by atoms with Crippen LogP contribution >= 0.6 is 0 Å². The summed E-state index contributed by atoms with van der Waals surface area (Å²) < 4.78 is 0. The van der Waals surface area contributed by atoms with Gasteiger partial charge in [0.1, 0.15) is 0 Å². The number of hydrogen-bond acceptors (Lipinski definition) is 3. The molecule has 138 valence electrons. The summed E-state index contributed by atoms with van der Waals surface area (Å²) in [5.74, 6) is 0. The molecule has 0 heterocycles. The van der Waals surface area contributed by atoms with Crippen LogP contribution in [0.4, 0.5) is 0 Å². The summed E-state index contributed by atoms with van der Waals surface area (Å²) in [6.45, 7) is 4.21. The van der Waals surface area contributed by atoms with Crippen LogP contribution in [0, 0.1) is 0 Å². The smallest absolute Gasteiger partial charge is 0.0574 e. The topological polar surface area (TPSA) is 52.5 Å². The zero-order valence-electron chi connectivity index (χ0n) is 15.4. The van der Waals surface area contributed by atoms with Crippen molar-refractivity contribution in [1.82, 2.24) is 5.32 Å². The van der Waals surface area contributed by atoms with E-state index in [0.29, 0.717) is 0 Å². The number of aliphatic hydroxyl groups excluding tert-OH is 2. The number of aliphatic hydroxyl groups is 2. The Hall–Kier alpha value is -0.380. The van der Waals surface area contributed by atoms with Crippen LogP contribution in [-0.4, -0.2) is 36.0 Å². The van der Waals surface area contributed by atoms with Gasteiger partial charge in [0.15, 0.2) is 0 Å². The Morgan fingerprint density at radius 3 is 2.26 bits per heavy atom. The molecule has 0 aromatic rings. The Labute approximate surface area is 144 Å². The average molecular weight is 328 g/mol. The maximum Gasteiger partial charge on any atom is 0.0574 e. The molecule has 0 bridgehead atoms. The fourth-order valence-electron chi connectivity index (χ4n) is 2.72. The van der Waals surface area contributed by atoms with E-state index in [9.17, 15) is 5.11 Å². The summed E-state index contributed by atoms with van der Waals surface area (Å²) in [6.07, 6.45) is 19.9. The van der Waals surface area contributed by atoms with Crippen LogP contribution in [0.3, 0.4) is 0 Å². The molecule has 0 rings (SSSR count). The number of allylic oxidation sites excluding steroid dienone is 1. The molecule has 0 radical (unpaired) electrons. The molecule has 3 nitrogen and oxygen atoms in total. The molecule has 0 spiro atoms. The highest BCUT2D eigenvalue weighted by Crippen LogP contribution is 2.10. The molecule has 3 N–H and O–H groups in total. The van der Waals surface area contributed by atoms with Gasteiger partial charge in [0, 0.05) is 6.54 Å².